The van der Waals surface area contributed by atoms with Gasteiger partial charge >= 0.3 is 5.97 Å². The maximum Gasteiger partial charge on any atom is 0.328 e. The Morgan fingerprint density at radius 3 is 2.53 bits per heavy atom. The standard InChI is InChI=1S/C14H20BrNO3/c1-14(2,19-4)9-12(13(17)18-3)16-11-8-6-5-7-10(11)15/h5-8,12,16H,9H2,1-4H3. The molecule has 1 atom stereocenters. The number of nitrogens with one attached hydrogen (secondary N) is 1. The smallest absolute Gasteiger partial charge is 0.328 e. The lowest BCUT2D eigenvalue weighted by Gasteiger charge is -2.28. The number of esters is 1. The summed E-state index contributed by atoms with van der Waals surface area (Å²) < 4.78 is 11.1. The van der Waals surface area contributed by atoms with Gasteiger partial charge in [0, 0.05) is 23.7 Å². The SMILES string of the molecule is COC(=O)C(CC(C)(C)OC)Nc1ccccc1Br. The Morgan fingerprint density at radius 2 is 2.00 bits per heavy atom. The maximum atomic E-state index is 11.9. The zero-order valence-electron chi connectivity index (χ0n) is 11.7. The van der Waals surface area contributed by atoms with Crippen LogP contribution in [-0.4, -0.2) is 31.8 Å². The summed E-state index contributed by atoms with van der Waals surface area (Å²) in [6, 6.07) is 7.18. The van der Waals surface area contributed by atoms with E-state index in [0.29, 0.717) is 6.42 Å². The van der Waals surface area contributed by atoms with E-state index < -0.39 is 11.6 Å². The van der Waals surface area contributed by atoms with Crippen LogP contribution >= 0.6 is 15.9 Å². The molecule has 0 amide bonds. The molecule has 5 heteroatoms. The largest absolute Gasteiger partial charge is 0.467 e. The minimum Gasteiger partial charge on any atom is -0.467 e. The number of anilines is 1. The number of hydrogen-bond donors (Lipinski definition) is 1. The van der Waals surface area contributed by atoms with Gasteiger partial charge < -0.3 is 14.8 Å². The Kier molecular flexibility index (Phi) is 5.82. The Labute approximate surface area is 122 Å². The number of rotatable bonds is 6. The van der Waals surface area contributed by atoms with Gasteiger partial charge in [0.15, 0.2) is 0 Å². The number of methoxy groups -OCH3 is 2. The molecule has 0 aliphatic rings. The quantitative estimate of drug-likeness (QED) is 0.814. The van der Waals surface area contributed by atoms with Gasteiger partial charge in [-0.3, -0.25) is 0 Å². The van der Waals surface area contributed by atoms with E-state index in [4.69, 9.17) is 9.47 Å². The van der Waals surface area contributed by atoms with Crippen LogP contribution in [0.1, 0.15) is 20.3 Å². The summed E-state index contributed by atoms with van der Waals surface area (Å²) >= 11 is 3.45. The van der Waals surface area contributed by atoms with Crippen LogP contribution in [0, 0.1) is 0 Å². The molecule has 0 saturated carbocycles. The molecule has 0 spiro atoms. The van der Waals surface area contributed by atoms with Gasteiger partial charge in [-0.15, -0.1) is 0 Å². The molecule has 0 aliphatic carbocycles. The van der Waals surface area contributed by atoms with E-state index >= 15 is 0 Å². The zero-order chi connectivity index (χ0) is 14.5. The predicted octanol–water partition coefficient (Wildman–Crippen LogP) is 3.22. The van der Waals surface area contributed by atoms with Crippen LogP contribution < -0.4 is 5.32 Å². The molecule has 0 bridgehead atoms. The van der Waals surface area contributed by atoms with E-state index in [-0.39, 0.29) is 5.97 Å². The summed E-state index contributed by atoms with van der Waals surface area (Å²) in [5.74, 6) is -0.305. The second-order valence-corrected chi connectivity index (χ2v) is 5.72. The van der Waals surface area contributed by atoms with Crippen LogP contribution in [0.5, 0.6) is 0 Å². The number of benzene rings is 1. The molecule has 1 aromatic carbocycles. The molecule has 0 saturated heterocycles. The summed E-state index contributed by atoms with van der Waals surface area (Å²) in [4.78, 5) is 11.9. The Bertz CT molecular complexity index is 434. The predicted molar refractivity (Wildman–Crippen MR) is 79.3 cm³/mol. The molecule has 0 aliphatic heterocycles. The van der Waals surface area contributed by atoms with Gasteiger partial charge in [-0.2, -0.15) is 0 Å². The van der Waals surface area contributed by atoms with Crippen LogP contribution in [0.3, 0.4) is 0 Å². The van der Waals surface area contributed by atoms with Crippen LogP contribution in [0.25, 0.3) is 0 Å². The third-order valence-corrected chi connectivity index (χ3v) is 3.63. The van der Waals surface area contributed by atoms with Gasteiger partial charge in [-0.25, -0.2) is 4.79 Å². The van der Waals surface area contributed by atoms with E-state index in [1.54, 1.807) is 7.11 Å². The molecular weight excluding hydrogens is 310 g/mol. The topological polar surface area (TPSA) is 47.6 Å². The number of carbonyl (C=O) groups is 1. The van der Waals surface area contributed by atoms with Gasteiger partial charge in [-0.1, -0.05) is 12.1 Å². The number of hydrogen-bond acceptors (Lipinski definition) is 4. The first-order valence-corrected chi connectivity index (χ1v) is 6.83. The zero-order valence-corrected chi connectivity index (χ0v) is 13.3. The van der Waals surface area contributed by atoms with Crippen molar-refractivity contribution < 1.29 is 14.3 Å². The molecule has 0 aromatic heterocycles. The molecule has 4 nitrogen and oxygen atoms in total. The molecule has 1 aromatic rings. The van der Waals surface area contributed by atoms with Crippen molar-refractivity contribution in [3.05, 3.63) is 28.7 Å². The Balaban J connectivity index is 2.87. The fraction of sp³-hybridized carbons (Fsp3) is 0.500. The highest BCUT2D eigenvalue weighted by atomic mass is 79.9. The van der Waals surface area contributed by atoms with E-state index in [1.165, 1.54) is 7.11 Å². The Morgan fingerprint density at radius 1 is 1.37 bits per heavy atom. The second kappa shape index (κ2) is 6.91. The van der Waals surface area contributed by atoms with Crippen molar-refractivity contribution in [1.82, 2.24) is 0 Å². The molecule has 0 fully saturated rings. The van der Waals surface area contributed by atoms with E-state index in [9.17, 15) is 4.79 Å². The minimum absolute atomic E-state index is 0.305. The van der Waals surface area contributed by atoms with E-state index in [2.05, 4.69) is 21.2 Å². The Hall–Kier alpha value is -1.07. The lowest BCUT2D eigenvalue weighted by atomic mass is 9.98. The molecule has 106 valence electrons. The fourth-order valence-electron chi connectivity index (χ4n) is 1.68. The van der Waals surface area contributed by atoms with Gasteiger partial charge in [0.25, 0.3) is 0 Å². The molecule has 0 radical (unpaired) electrons. The molecular formula is C14H20BrNO3. The fourth-order valence-corrected chi connectivity index (χ4v) is 2.08. The molecule has 1 N–H and O–H groups in total. The van der Waals surface area contributed by atoms with Crippen molar-refractivity contribution in [3.63, 3.8) is 0 Å². The van der Waals surface area contributed by atoms with Crippen LogP contribution in [0.4, 0.5) is 5.69 Å². The molecule has 19 heavy (non-hydrogen) atoms. The average molecular weight is 330 g/mol. The van der Waals surface area contributed by atoms with E-state index in [0.717, 1.165) is 10.2 Å². The van der Waals surface area contributed by atoms with Crippen LogP contribution in [0.15, 0.2) is 28.7 Å². The number of halogens is 1. The minimum atomic E-state index is -0.460. The normalized spacial score (nSPS) is 12.9. The molecule has 1 rings (SSSR count). The van der Waals surface area contributed by atoms with Crippen molar-refractivity contribution in [2.24, 2.45) is 0 Å². The summed E-state index contributed by atoms with van der Waals surface area (Å²) in [5, 5.41) is 3.19. The average Bonchev–Trinajstić information content (AvgIpc) is 2.39. The summed E-state index contributed by atoms with van der Waals surface area (Å²) in [6.07, 6.45) is 0.511. The lowest BCUT2D eigenvalue weighted by molar-refractivity contribution is -0.143. The third-order valence-electron chi connectivity index (χ3n) is 2.94. The van der Waals surface area contributed by atoms with Gasteiger partial charge in [0.2, 0.25) is 0 Å². The van der Waals surface area contributed by atoms with Crippen molar-refractivity contribution in [2.75, 3.05) is 19.5 Å². The summed E-state index contributed by atoms with van der Waals surface area (Å²) in [5.41, 5.74) is 0.442. The second-order valence-electron chi connectivity index (χ2n) is 4.87. The van der Waals surface area contributed by atoms with Crippen molar-refractivity contribution in [1.29, 1.82) is 0 Å². The van der Waals surface area contributed by atoms with Crippen molar-refractivity contribution in [2.45, 2.75) is 31.9 Å². The molecule has 0 heterocycles. The summed E-state index contributed by atoms with van der Waals surface area (Å²) in [7, 11) is 3.02. The van der Waals surface area contributed by atoms with Crippen molar-refractivity contribution >= 4 is 27.6 Å². The highest BCUT2D eigenvalue weighted by Crippen LogP contribution is 2.25. The van der Waals surface area contributed by atoms with Gasteiger partial charge in [-0.05, 0) is 41.9 Å². The molecule has 1 unspecified atom stereocenters. The number of carbonyl (C=O) groups excluding carboxylic acids is 1. The lowest BCUT2D eigenvalue weighted by Crippen LogP contribution is -2.39. The number of para-hydroxylation sites is 1. The first-order chi connectivity index (χ1) is 8.89. The number of ether oxygens (including phenoxy) is 2. The van der Waals surface area contributed by atoms with Crippen LogP contribution in [-0.2, 0) is 14.3 Å². The maximum absolute atomic E-state index is 11.9. The van der Waals surface area contributed by atoms with Crippen LogP contribution in [0.2, 0.25) is 0 Å². The monoisotopic (exact) mass is 329 g/mol. The highest BCUT2D eigenvalue weighted by molar-refractivity contribution is 9.10. The first kappa shape index (κ1) is 16.0. The first-order valence-electron chi connectivity index (χ1n) is 6.03. The van der Waals surface area contributed by atoms with E-state index in [1.807, 2.05) is 38.1 Å². The van der Waals surface area contributed by atoms with Crippen molar-refractivity contribution in [3.8, 4) is 0 Å². The third kappa shape index (κ3) is 4.84. The highest BCUT2D eigenvalue weighted by Gasteiger charge is 2.28. The van der Waals surface area contributed by atoms with Gasteiger partial charge in [0.1, 0.15) is 6.04 Å². The summed E-state index contributed by atoms with van der Waals surface area (Å²) in [6.45, 7) is 3.87. The van der Waals surface area contributed by atoms with Gasteiger partial charge in [0.05, 0.1) is 12.7 Å².